The number of hydrogen-bond donors (Lipinski definition) is 3. The highest BCUT2D eigenvalue weighted by molar-refractivity contribution is 5.94. The zero-order valence-corrected chi connectivity index (χ0v) is 27.9. The maximum atomic E-state index is 13.3. The van der Waals surface area contributed by atoms with E-state index in [0.29, 0.717) is 24.5 Å². The number of aromatic nitrogens is 5. The Bertz CT molecular complexity index is 1940. The van der Waals surface area contributed by atoms with E-state index < -0.39 is 0 Å². The van der Waals surface area contributed by atoms with Crippen LogP contribution in [-0.4, -0.2) is 44.2 Å². The van der Waals surface area contributed by atoms with E-state index in [9.17, 15) is 9.59 Å². The fraction of sp³-hybridized carbons (Fsp3) is 0.225. The Balaban J connectivity index is 0.000000452. The molecule has 0 aliphatic rings. The molecule has 4 aromatic carbocycles. The minimum absolute atomic E-state index is 0.172. The van der Waals surface area contributed by atoms with Gasteiger partial charge < -0.3 is 15.6 Å². The molecule has 6 aromatic rings. The Labute approximate surface area is 287 Å². The number of nitrogens with two attached hydrogens (primary N) is 1. The van der Waals surface area contributed by atoms with E-state index in [0.717, 1.165) is 72.2 Å². The van der Waals surface area contributed by atoms with Crippen LogP contribution in [-0.2, 0) is 25.8 Å². The molecule has 4 N–H and O–H groups in total. The summed E-state index contributed by atoms with van der Waals surface area (Å²) in [6.07, 6.45) is 4.39. The third-order valence-electron chi connectivity index (χ3n) is 8.21. The number of tetrazole rings is 1. The van der Waals surface area contributed by atoms with Gasteiger partial charge in [0.05, 0.1) is 6.54 Å². The van der Waals surface area contributed by atoms with Crippen LogP contribution in [0.3, 0.4) is 0 Å². The summed E-state index contributed by atoms with van der Waals surface area (Å²) in [6.45, 7) is 3.80. The number of benzene rings is 4. The third kappa shape index (κ3) is 9.92. The number of unbranched alkanes of at least 4 members (excludes halogenated alkanes) is 1. The maximum absolute atomic E-state index is 13.3. The van der Waals surface area contributed by atoms with Crippen LogP contribution in [0, 0.1) is 0 Å². The summed E-state index contributed by atoms with van der Waals surface area (Å²) in [6, 6.07) is 39.7. The van der Waals surface area contributed by atoms with Crippen molar-refractivity contribution in [1.29, 1.82) is 0 Å². The van der Waals surface area contributed by atoms with Gasteiger partial charge in [0.15, 0.2) is 5.82 Å². The number of carbonyl (C=O) groups is 1. The Morgan fingerprint density at radius 3 is 2.06 bits per heavy atom. The molecule has 0 radical (unpaired) electrons. The minimum atomic E-state index is -0.220. The maximum Gasteiger partial charge on any atom is 0.251 e. The Kier molecular flexibility index (Phi) is 12.8. The SMILES string of the molecule is CCCCc1cc(C(=O)NCCc2ccccc2)cc(=O)n1Cc1ccc(-c2ccccc2-c2nnn[nH]2)cc1.NCCc1ccccc1. The van der Waals surface area contributed by atoms with E-state index >= 15 is 0 Å². The van der Waals surface area contributed by atoms with Crippen LogP contribution in [0.4, 0.5) is 0 Å². The summed E-state index contributed by atoms with van der Waals surface area (Å²) in [4.78, 5) is 26.1. The quantitative estimate of drug-likeness (QED) is 0.135. The minimum Gasteiger partial charge on any atom is -0.352 e. The van der Waals surface area contributed by atoms with Crippen LogP contribution >= 0.6 is 0 Å². The van der Waals surface area contributed by atoms with Crippen LogP contribution in [0.2, 0.25) is 0 Å². The molecule has 250 valence electrons. The molecule has 0 fully saturated rings. The van der Waals surface area contributed by atoms with Crippen molar-refractivity contribution in [2.24, 2.45) is 5.73 Å². The van der Waals surface area contributed by atoms with Crippen molar-refractivity contribution in [3.8, 4) is 22.5 Å². The van der Waals surface area contributed by atoms with E-state index in [1.807, 2.05) is 103 Å². The van der Waals surface area contributed by atoms with Crippen LogP contribution in [0.1, 0.15) is 52.5 Å². The van der Waals surface area contributed by atoms with Crippen molar-refractivity contribution in [3.63, 3.8) is 0 Å². The molecular formula is C40H43N7O2. The number of H-pyrrole nitrogens is 1. The van der Waals surface area contributed by atoms with Crippen molar-refractivity contribution in [2.75, 3.05) is 13.1 Å². The zero-order chi connectivity index (χ0) is 34.3. The first kappa shape index (κ1) is 34.7. The molecular weight excluding hydrogens is 610 g/mol. The number of aryl methyl sites for hydroxylation is 1. The van der Waals surface area contributed by atoms with Crippen LogP contribution < -0.4 is 16.6 Å². The number of nitrogens with zero attached hydrogens (tertiary/aromatic N) is 4. The molecule has 2 heterocycles. The lowest BCUT2D eigenvalue weighted by Crippen LogP contribution is -2.30. The lowest BCUT2D eigenvalue weighted by atomic mass is 9.98. The topological polar surface area (TPSA) is 132 Å². The molecule has 0 aliphatic carbocycles. The average molecular weight is 654 g/mol. The van der Waals surface area contributed by atoms with Gasteiger partial charge in [0.1, 0.15) is 0 Å². The summed E-state index contributed by atoms with van der Waals surface area (Å²) in [7, 11) is 0. The van der Waals surface area contributed by atoms with Gasteiger partial charge in [-0.3, -0.25) is 9.59 Å². The van der Waals surface area contributed by atoms with Crippen molar-refractivity contribution in [3.05, 3.63) is 160 Å². The van der Waals surface area contributed by atoms with Gasteiger partial charge in [-0.15, -0.1) is 5.10 Å². The number of carbonyl (C=O) groups excluding carboxylic acids is 1. The highest BCUT2D eigenvalue weighted by Crippen LogP contribution is 2.29. The summed E-state index contributed by atoms with van der Waals surface area (Å²) in [5.41, 5.74) is 12.9. The monoisotopic (exact) mass is 653 g/mol. The number of amides is 1. The van der Waals surface area contributed by atoms with Crippen molar-refractivity contribution < 1.29 is 4.79 Å². The lowest BCUT2D eigenvalue weighted by molar-refractivity contribution is 0.0953. The Morgan fingerprint density at radius 1 is 0.776 bits per heavy atom. The number of rotatable bonds is 13. The molecule has 0 spiro atoms. The van der Waals surface area contributed by atoms with Gasteiger partial charge in [0, 0.05) is 29.4 Å². The van der Waals surface area contributed by atoms with E-state index in [1.165, 1.54) is 11.6 Å². The molecule has 2 aromatic heterocycles. The predicted molar refractivity (Wildman–Crippen MR) is 195 cm³/mol. The number of hydrogen-bond acceptors (Lipinski definition) is 6. The molecule has 0 saturated heterocycles. The largest absolute Gasteiger partial charge is 0.352 e. The van der Waals surface area contributed by atoms with Crippen LogP contribution in [0.25, 0.3) is 22.5 Å². The molecule has 0 bridgehead atoms. The second-order valence-corrected chi connectivity index (χ2v) is 11.8. The summed E-state index contributed by atoms with van der Waals surface area (Å²) in [5.74, 6) is 0.388. The summed E-state index contributed by atoms with van der Waals surface area (Å²) in [5, 5.41) is 17.2. The number of aromatic amines is 1. The number of nitrogens with one attached hydrogen (secondary N) is 2. The van der Waals surface area contributed by atoms with Gasteiger partial charge in [-0.1, -0.05) is 123 Å². The molecule has 9 heteroatoms. The van der Waals surface area contributed by atoms with Gasteiger partial charge in [0.2, 0.25) is 0 Å². The first-order valence-electron chi connectivity index (χ1n) is 16.8. The predicted octanol–water partition coefficient (Wildman–Crippen LogP) is 6.25. The van der Waals surface area contributed by atoms with Gasteiger partial charge in [-0.2, -0.15) is 0 Å². The normalized spacial score (nSPS) is 10.7. The standard InChI is InChI=1S/C32H32N6O2.C8H11N/c1-2-3-11-27-20-26(32(40)33-19-18-23-9-5-4-6-10-23)21-30(39)38(27)22-24-14-16-25(17-15-24)28-12-7-8-13-29(28)31-34-36-37-35-31;9-7-6-8-4-2-1-3-5-8/h4-10,12-17,20-21H,2-3,11,18-19,22H2,1H3,(H,33,40)(H,34,35,36,37);1-5H,6-7,9H2. The molecule has 0 saturated carbocycles. The van der Waals surface area contributed by atoms with Gasteiger partial charge in [0.25, 0.3) is 11.5 Å². The van der Waals surface area contributed by atoms with Gasteiger partial charge in [-0.25, -0.2) is 5.10 Å². The second kappa shape index (κ2) is 18.0. The Morgan fingerprint density at radius 2 is 1.43 bits per heavy atom. The third-order valence-corrected chi connectivity index (χ3v) is 8.21. The molecule has 0 atom stereocenters. The molecule has 9 nitrogen and oxygen atoms in total. The first-order chi connectivity index (χ1) is 24.1. The highest BCUT2D eigenvalue weighted by Gasteiger charge is 2.14. The molecule has 0 aliphatic heterocycles. The van der Waals surface area contributed by atoms with E-state index in [1.54, 1.807) is 4.57 Å². The summed E-state index contributed by atoms with van der Waals surface area (Å²) < 4.78 is 1.78. The fourth-order valence-corrected chi connectivity index (χ4v) is 5.59. The lowest BCUT2D eigenvalue weighted by Gasteiger charge is -2.15. The van der Waals surface area contributed by atoms with E-state index in [2.05, 4.69) is 45.0 Å². The Hall–Kier alpha value is -5.67. The molecule has 0 unspecified atom stereocenters. The highest BCUT2D eigenvalue weighted by atomic mass is 16.2. The molecule has 49 heavy (non-hydrogen) atoms. The van der Waals surface area contributed by atoms with Crippen LogP contribution in [0.15, 0.2) is 126 Å². The fourth-order valence-electron chi connectivity index (χ4n) is 5.59. The van der Waals surface area contributed by atoms with Crippen molar-refractivity contribution >= 4 is 5.91 Å². The van der Waals surface area contributed by atoms with Crippen LogP contribution in [0.5, 0.6) is 0 Å². The molecule has 1 amide bonds. The second-order valence-electron chi connectivity index (χ2n) is 11.8. The zero-order valence-electron chi connectivity index (χ0n) is 27.9. The van der Waals surface area contributed by atoms with Crippen molar-refractivity contribution in [1.82, 2.24) is 30.5 Å². The van der Waals surface area contributed by atoms with E-state index in [-0.39, 0.29) is 11.5 Å². The van der Waals surface area contributed by atoms with E-state index in [4.69, 9.17) is 5.73 Å². The van der Waals surface area contributed by atoms with Gasteiger partial charge >= 0.3 is 0 Å². The average Bonchev–Trinajstić information content (AvgIpc) is 3.69. The van der Waals surface area contributed by atoms with Crippen molar-refractivity contribution in [2.45, 2.75) is 45.6 Å². The first-order valence-corrected chi connectivity index (χ1v) is 16.8. The smallest absolute Gasteiger partial charge is 0.251 e. The number of pyridine rings is 1. The summed E-state index contributed by atoms with van der Waals surface area (Å²) >= 11 is 0. The van der Waals surface area contributed by atoms with Gasteiger partial charge in [-0.05, 0) is 76.5 Å². The molecule has 6 rings (SSSR count).